The molecule has 10 nitrogen and oxygen atoms in total. The van der Waals surface area contributed by atoms with E-state index in [1.54, 1.807) is 4.90 Å². The number of benzene rings is 1. The molecule has 0 radical (unpaired) electrons. The molecule has 3 saturated heterocycles. The second-order valence-corrected chi connectivity index (χ2v) is 11.6. The predicted octanol–water partition coefficient (Wildman–Crippen LogP) is 2.51. The summed E-state index contributed by atoms with van der Waals surface area (Å²) < 4.78 is 5.66. The molecular formula is C31H37N5O5. The maximum Gasteiger partial charge on any atom is 0.256 e. The Bertz CT molecular complexity index is 1300. The Balaban J connectivity index is 0.960. The molecule has 4 aliphatic heterocycles. The number of ether oxygens (including phenoxy) is 1. The molecule has 1 aromatic heterocycles. The average Bonchev–Trinajstić information content (AvgIpc) is 3.33. The minimum Gasteiger partial charge on any atom is -0.367 e. The minimum atomic E-state index is -0.628. The third-order valence-electron chi connectivity index (χ3n) is 9.12. The van der Waals surface area contributed by atoms with Crippen LogP contribution in [0.5, 0.6) is 0 Å². The molecule has 0 aliphatic carbocycles. The Morgan fingerprint density at radius 2 is 1.61 bits per heavy atom. The highest BCUT2D eigenvalue weighted by molar-refractivity contribution is 6.05. The molecule has 3 fully saturated rings. The number of hydrogen-bond donors (Lipinski definition) is 1. The van der Waals surface area contributed by atoms with E-state index in [1.165, 1.54) is 0 Å². The van der Waals surface area contributed by atoms with Gasteiger partial charge in [0.25, 0.3) is 5.91 Å². The second-order valence-electron chi connectivity index (χ2n) is 11.6. The number of nitrogens with one attached hydrogen (secondary N) is 1. The van der Waals surface area contributed by atoms with Gasteiger partial charge in [-0.1, -0.05) is 30.3 Å². The zero-order valence-corrected chi connectivity index (χ0v) is 23.3. The van der Waals surface area contributed by atoms with Gasteiger partial charge in [0.15, 0.2) is 0 Å². The number of aromatic nitrogens is 1. The molecule has 1 N–H and O–H groups in total. The molecule has 1 atom stereocenters. The quantitative estimate of drug-likeness (QED) is 0.519. The molecule has 2 aromatic rings. The fourth-order valence-electron chi connectivity index (χ4n) is 6.74. The van der Waals surface area contributed by atoms with Gasteiger partial charge in [-0.3, -0.25) is 24.5 Å². The van der Waals surface area contributed by atoms with Crippen LogP contribution in [0.2, 0.25) is 0 Å². The molecule has 41 heavy (non-hydrogen) atoms. The van der Waals surface area contributed by atoms with E-state index in [2.05, 4.69) is 10.2 Å². The molecule has 1 aromatic carbocycles. The van der Waals surface area contributed by atoms with Crippen LogP contribution >= 0.6 is 0 Å². The van der Waals surface area contributed by atoms with Crippen molar-refractivity contribution >= 4 is 29.4 Å². The number of likely N-dealkylation sites (tertiary alicyclic amines) is 1. The van der Waals surface area contributed by atoms with Crippen LogP contribution in [0, 0.1) is 11.8 Å². The van der Waals surface area contributed by atoms with Gasteiger partial charge in [-0.2, -0.15) is 0 Å². The minimum absolute atomic E-state index is 0.0755. The number of pyridine rings is 1. The lowest BCUT2D eigenvalue weighted by atomic mass is 9.79. The average molecular weight is 560 g/mol. The standard InChI is InChI=1S/C31H37N5O5/c37-28-9-7-26(30(39)33-28)36-18-25-24(31(36)40)6-8-27(32-25)34-14-10-22(11-15-34)23-12-16-35(17-13-23)29(38)20-41-19-21-4-2-1-3-5-21/h1-6,8,22-23,26H,7,9-20H2,(H,33,37,39). The van der Waals surface area contributed by atoms with Crippen molar-refractivity contribution < 1.29 is 23.9 Å². The number of fused-ring (bicyclic) bond motifs is 1. The van der Waals surface area contributed by atoms with E-state index in [0.717, 1.165) is 63.2 Å². The SMILES string of the molecule is O=C1CCC(N2Cc3nc(N4CCC(C5CCN(C(=O)COCc6ccccc6)CC5)CC4)ccc3C2=O)C(=O)N1. The van der Waals surface area contributed by atoms with E-state index in [9.17, 15) is 19.2 Å². The first-order valence-electron chi connectivity index (χ1n) is 14.8. The lowest BCUT2D eigenvalue weighted by Crippen LogP contribution is -2.52. The highest BCUT2D eigenvalue weighted by Crippen LogP contribution is 2.35. The molecule has 1 unspecified atom stereocenters. The summed E-state index contributed by atoms with van der Waals surface area (Å²) in [7, 11) is 0. The number of nitrogens with zero attached hydrogens (tertiary/aromatic N) is 4. The van der Waals surface area contributed by atoms with E-state index in [-0.39, 0.29) is 30.7 Å². The number of anilines is 1. The van der Waals surface area contributed by atoms with Gasteiger partial charge in [0.1, 0.15) is 18.5 Å². The van der Waals surface area contributed by atoms with Gasteiger partial charge in [0, 0.05) is 32.6 Å². The van der Waals surface area contributed by atoms with Crippen LogP contribution < -0.4 is 10.2 Å². The highest BCUT2D eigenvalue weighted by atomic mass is 16.5. The second kappa shape index (κ2) is 12.0. The monoisotopic (exact) mass is 559 g/mol. The summed E-state index contributed by atoms with van der Waals surface area (Å²) in [5.74, 6) is 1.32. The van der Waals surface area contributed by atoms with E-state index in [0.29, 0.717) is 42.7 Å². The summed E-state index contributed by atoms with van der Waals surface area (Å²) in [5, 5.41) is 2.34. The third kappa shape index (κ3) is 5.98. The first kappa shape index (κ1) is 27.4. The summed E-state index contributed by atoms with van der Waals surface area (Å²) in [6.07, 6.45) is 4.81. The van der Waals surface area contributed by atoms with Crippen LogP contribution in [-0.4, -0.2) is 77.2 Å². The predicted molar refractivity (Wildman–Crippen MR) is 151 cm³/mol. The van der Waals surface area contributed by atoms with E-state index in [4.69, 9.17) is 9.72 Å². The molecular weight excluding hydrogens is 522 g/mol. The lowest BCUT2D eigenvalue weighted by Gasteiger charge is -2.40. The van der Waals surface area contributed by atoms with Gasteiger partial charge in [0.05, 0.1) is 24.4 Å². The van der Waals surface area contributed by atoms with E-state index < -0.39 is 11.9 Å². The van der Waals surface area contributed by atoms with Crippen molar-refractivity contribution in [2.75, 3.05) is 37.7 Å². The first-order chi connectivity index (χ1) is 20.0. The van der Waals surface area contributed by atoms with Crippen molar-refractivity contribution in [3.05, 3.63) is 59.3 Å². The topological polar surface area (TPSA) is 112 Å². The summed E-state index contributed by atoms with van der Waals surface area (Å²) >= 11 is 0. The molecule has 0 saturated carbocycles. The summed E-state index contributed by atoms with van der Waals surface area (Å²) in [6, 6.07) is 13.0. The number of imide groups is 1. The van der Waals surface area contributed by atoms with Gasteiger partial charge in [0.2, 0.25) is 17.7 Å². The number of amides is 4. The van der Waals surface area contributed by atoms with Crippen molar-refractivity contribution in [1.29, 1.82) is 0 Å². The van der Waals surface area contributed by atoms with Gasteiger partial charge in [-0.25, -0.2) is 4.98 Å². The van der Waals surface area contributed by atoms with Crippen LogP contribution in [0.3, 0.4) is 0 Å². The Kier molecular flexibility index (Phi) is 8.00. The van der Waals surface area contributed by atoms with Crippen LogP contribution in [0.1, 0.15) is 60.1 Å². The van der Waals surface area contributed by atoms with E-state index in [1.807, 2.05) is 47.4 Å². The molecule has 4 aliphatic rings. The zero-order valence-electron chi connectivity index (χ0n) is 23.3. The number of piperidine rings is 3. The maximum atomic E-state index is 13.0. The molecule has 216 valence electrons. The Labute approximate surface area is 240 Å². The number of carbonyl (C=O) groups is 4. The zero-order chi connectivity index (χ0) is 28.3. The first-order valence-corrected chi connectivity index (χ1v) is 14.8. The molecule has 4 amide bonds. The number of carbonyl (C=O) groups excluding carboxylic acids is 4. The van der Waals surface area contributed by atoms with Gasteiger partial charge in [-0.05, 0) is 61.6 Å². The van der Waals surface area contributed by atoms with Crippen molar-refractivity contribution in [2.24, 2.45) is 11.8 Å². The smallest absolute Gasteiger partial charge is 0.256 e. The normalized spacial score (nSPS) is 22.2. The van der Waals surface area contributed by atoms with Crippen molar-refractivity contribution in [3.63, 3.8) is 0 Å². The Hall–Kier alpha value is -3.79. The molecule has 6 rings (SSSR count). The van der Waals surface area contributed by atoms with Crippen LogP contribution in [0.4, 0.5) is 5.82 Å². The molecule has 10 heteroatoms. The van der Waals surface area contributed by atoms with Crippen molar-refractivity contribution in [1.82, 2.24) is 20.1 Å². The Morgan fingerprint density at radius 3 is 2.32 bits per heavy atom. The van der Waals surface area contributed by atoms with Crippen molar-refractivity contribution in [2.45, 2.75) is 57.7 Å². The van der Waals surface area contributed by atoms with Gasteiger partial charge >= 0.3 is 0 Å². The molecule has 0 spiro atoms. The summed E-state index contributed by atoms with van der Waals surface area (Å²) in [5.41, 5.74) is 2.31. The van der Waals surface area contributed by atoms with Crippen LogP contribution in [-0.2, 0) is 32.3 Å². The number of hydrogen-bond acceptors (Lipinski definition) is 7. The highest BCUT2D eigenvalue weighted by Gasteiger charge is 2.40. The van der Waals surface area contributed by atoms with Gasteiger partial charge in [-0.15, -0.1) is 0 Å². The van der Waals surface area contributed by atoms with E-state index >= 15 is 0 Å². The maximum absolute atomic E-state index is 13.0. The van der Waals surface area contributed by atoms with Crippen LogP contribution in [0.15, 0.2) is 42.5 Å². The third-order valence-corrected chi connectivity index (χ3v) is 9.12. The lowest BCUT2D eigenvalue weighted by molar-refractivity contribution is -0.138. The Morgan fingerprint density at radius 1 is 0.902 bits per heavy atom. The fraction of sp³-hybridized carbons (Fsp3) is 0.516. The summed E-state index contributed by atoms with van der Waals surface area (Å²) in [4.78, 5) is 60.1. The molecule has 5 heterocycles. The van der Waals surface area contributed by atoms with Crippen molar-refractivity contribution in [3.8, 4) is 0 Å². The molecule has 0 bridgehead atoms. The largest absolute Gasteiger partial charge is 0.367 e. The summed E-state index contributed by atoms with van der Waals surface area (Å²) in [6.45, 7) is 4.28. The van der Waals surface area contributed by atoms with Crippen LogP contribution in [0.25, 0.3) is 0 Å². The van der Waals surface area contributed by atoms with Gasteiger partial charge < -0.3 is 19.4 Å². The fourth-order valence-corrected chi connectivity index (χ4v) is 6.74. The number of rotatable bonds is 7.